The number of alkyl halides is 3. The van der Waals surface area contributed by atoms with Gasteiger partial charge >= 0.3 is 6.18 Å². The predicted octanol–water partition coefficient (Wildman–Crippen LogP) is 4.20. The van der Waals surface area contributed by atoms with Crippen LogP contribution in [0.4, 0.5) is 13.2 Å². The van der Waals surface area contributed by atoms with Gasteiger partial charge in [-0.25, -0.2) is 0 Å². The Morgan fingerprint density at radius 1 is 1.35 bits per heavy atom. The average molecular weight is 263 g/mol. The molecule has 2 rings (SSSR count). The fraction of sp³-hybridized carbons (Fsp3) is 0.667. The molecule has 1 heterocycles. The van der Waals surface area contributed by atoms with Gasteiger partial charge in [-0.2, -0.15) is 24.5 Å². The van der Waals surface area contributed by atoms with Crippen molar-refractivity contribution < 1.29 is 13.2 Å². The van der Waals surface area contributed by atoms with Crippen molar-refractivity contribution >= 4 is 11.3 Å². The van der Waals surface area contributed by atoms with E-state index in [1.807, 2.05) is 0 Å². The molecular formula is C12H16F3NS. The molecule has 0 bridgehead atoms. The van der Waals surface area contributed by atoms with Crippen molar-refractivity contribution in [2.24, 2.45) is 17.6 Å². The number of thiophene rings is 1. The Bertz CT molecular complexity index is 385. The monoisotopic (exact) mass is 263 g/mol. The summed E-state index contributed by atoms with van der Waals surface area (Å²) in [6, 6.07) is -0.470. The second-order valence-electron chi connectivity index (χ2n) is 4.94. The van der Waals surface area contributed by atoms with Crippen LogP contribution in [0.5, 0.6) is 0 Å². The van der Waals surface area contributed by atoms with Gasteiger partial charge in [-0.15, -0.1) is 0 Å². The molecule has 1 aromatic heterocycles. The van der Waals surface area contributed by atoms with E-state index in [0.717, 1.165) is 36.0 Å². The third-order valence-electron chi connectivity index (χ3n) is 3.60. The lowest BCUT2D eigenvalue weighted by Crippen LogP contribution is -2.22. The summed E-state index contributed by atoms with van der Waals surface area (Å²) in [5, 5.41) is 2.71. The van der Waals surface area contributed by atoms with Gasteiger partial charge in [0, 0.05) is 11.4 Å². The molecule has 0 aromatic carbocycles. The molecule has 1 fully saturated rings. The first-order chi connectivity index (χ1) is 7.89. The van der Waals surface area contributed by atoms with Gasteiger partial charge in [0.2, 0.25) is 0 Å². The summed E-state index contributed by atoms with van der Waals surface area (Å²) in [6.07, 6.45) is -1.33. The largest absolute Gasteiger partial charge is 0.417 e. The third kappa shape index (κ3) is 2.65. The van der Waals surface area contributed by atoms with Crippen LogP contribution in [0.2, 0.25) is 0 Å². The highest BCUT2D eigenvalue weighted by molar-refractivity contribution is 7.08. The normalized spacial score (nSPS) is 27.4. The third-order valence-corrected chi connectivity index (χ3v) is 4.36. The van der Waals surface area contributed by atoms with Gasteiger partial charge in [0.25, 0.3) is 0 Å². The van der Waals surface area contributed by atoms with Crippen LogP contribution < -0.4 is 5.73 Å². The van der Waals surface area contributed by atoms with Gasteiger partial charge in [0.05, 0.1) is 5.56 Å². The first-order valence-corrected chi connectivity index (χ1v) is 6.72. The minimum absolute atomic E-state index is 0.195. The van der Waals surface area contributed by atoms with Crippen LogP contribution in [0.15, 0.2) is 10.8 Å². The minimum Gasteiger partial charge on any atom is -0.324 e. The fourth-order valence-corrected chi connectivity index (χ4v) is 3.53. The van der Waals surface area contributed by atoms with E-state index in [-0.39, 0.29) is 11.5 Å². The van der Waals surface area contributed by atoms with Crippen molar-refractivity contribution in [3.05, 3.63) is 21.9 Å². The first kappa shape index (κ1) is 12.9. The number of halogens is 3. The number of nitrogens with two attached hydrogens (primary N) is 1. The van der Waals surface area contributed by atoms with Crippen molar-refractivity contribution in [2.45, 2.75) is 38.4 Å². The smallest absolute Gasteiger partial charge is 0.324 e. The minimum atomic E-state index is -4.28. The van der Waals surface area contributed by atoms with Crippen molar-refractivity contribution in [2.75, 3.05) is 0 Å². The van der Waals surface area contributed by atoms with Crippen LogP contribution in [0, 0.1) is 11.8 Å². The molecule has 0 spiro atoms. The van der Waals surface area contributed by atoms with E-state index in [4.69, 9.17) is 5.73 Å². The predicted molar refractivity (Wildman–Crippen MR) is 62.8 cm³/mol. The lowest BCUT2D eigenvalue weighted by molar-refractivity contribution is -0.138. The van der Waals surface area contributed by atoms with E-state index in [0.29, 0.717) is 5.92 Å². The zero-order valence-corrected chi connectivity index (χ0v) is 10.4. The van der Waals surface area contributed by atoms with Gasteiger partial charge in [0.1, 0.15) is 0 Å². The maximum absolute atomic E-state index is 12.8. The van der Waals surface area contributed by atoms with E-state index in [1.165, 1.54) is 0 Å². The fourth-order valence-electron chi connectivity index (χ4n) is 2.63. The summed E-state index contributed by atoms with van der Waals surface area (Å²) in [5.74, 6) is 0.778. The molecule has 3 atom stereocenters. The average Bonchev–Trinajstić information content (AvgIpc) is 2.83. The standard InChI is InChI=1S/C12H16F3NS/c1-7-2-3-8(4-7)11(16)9-5-17-6-10(9)12(13,14)15/h5-8,11H,2-4,16H2,1H3. The molecule has 1 aromatic rings. The van der Waals surface area contributed by atoms with E-state index in [2.05, 4.69) is 6.92 Å². The molecule has 1 saturated carbocycles. The highest BCUT2D eigenvalue weighted by Gasteiger charge is 2.38. The molecule has 1 aliphatic rings. The first-order valence-electron chi connectivity index (χ1n) is 5.78. The molecule has 0 saturated heterocycles. The molecule has 0 amide bonds. The van der Waals surface area contributed by atoms with Crippen LogP contribution in [-0.4, -0.2) is 0 Å². The Labute approximate surface area is 103 Å². The van der Waals surface area contributed by atoms with Crippen LogP contribution in [0.3, 0.4) is 0 Å². The molecule has 5 heteroatoms. The summed E-state index contributed by atoms with van der Waals surface area (Å²) in [7, 11) is 0. The summed E-state index contributed by atoms with van der Waals surface area (Å²) in [4.78, 5) is 0. The Kier molecular flexibility index (Phi) is 3.50. The number of rotatable bonds is 2. The van der Waals surface area contributed by atoms with Crippen LogP contribution in [0.25, 0.3) is 0 Å². The topological polar surface area (TPSA) is 26.0 Å². The molecule has 1 aliphatic carbocycles. The van der Waals surface area contributed by atoms with Gasteiger partial charge in [0.15, 0.2) is 0 Å². The molecule has 1 nitrogen and oxygen atoms in total. The second-order valence-corrected chi connectivity index (χ2v) is 5.69. The van der Waals surface area contributed by atoms with E-state index in [1.54, 1.807) is 5.38 Å². The van der Waals surface area contributed by atoms with Crippen molar-refractivity contribution in [3.63, 3.8) is 0 Å². The SMILES string of the molecule is CC1CCC(C(N)c2cscc2C(F)(F)F)C1. The van der Waals surface area contributed by atoms with Crippen molar-refractivity contribution in [3.8, 4) is 0 Å². The summed E-state index contributed by atoms with van der Waals surface area (Å²) in [5.41, 5.74) is 5.74. The lowest BCUT2D eigenvalue weighted by atomic mass is 9.91. The van der Waals surface area contributed by atoms with E-state index < -0.39 is 17.8 Å². The van der Waals surface area contributed by atoms with Crippen molar-refractivity contribution in [1.82, 2.24) is 0 Å². The zero-order chi connectivity index (χ0) is 12.6. The maximum Gasteiger partial charge on any atom is 0.417 e. The highest BCUT2D eigenvalue weighted by atomic mass is 32.1. The Balaban J connectivity index is 2.20. The van der Waals surface area contributed by atoms with Crippen LogP contribution in [-0.2, 0) is 6.18 Å². The summed E-state index contributed by atoms with van der Waals surface area (Å²) in [6.45, 7) is 2.13. The maximum atomic E-state index is 12.8. The number of hydrogen-bond acceptors (Lipinski definition) is 2. The van der Waals surface area contributed by atoms with Gasteiger partial charge < -0.3 is 5.73 Å². The Morgan fingerprint density at radius 3 is 2.59 bits per heavy atom. The summed E-state index contributed by atoms with van der Waals surface area (Å²) < 4.78 is 38.3. The van der Waals surface area contributed by atoms with E-state index in [9.17, 15) is 13.2 Å². The molecule has 2 N–H and O–H groups in total. The number of hydrogen-bond donors (Lipinski definition) is 1. The van der Waals surface area contributed by atoms with Crippen LogP contribution in [0.1, 0.15) is 43.4 Å². The Hall–Kier alpha value is -0.550. The van der Waals surface area contributed by atoms with Gasteiger partial charge in [-0.3, -0.25) is 0 Å². The second kappa shape index (κ2) is 4.61. The molecular weight excluding hydrogens is 247 g/mol. The highest BCUT2D eigenvalue weighted by Crippen LogP contribution is 2.43. The van der Waals surface area contributed by atoms with Gasteiger partial charge in [-0.1, -0.05) is 13.3 Å². The van der Waals surface area contributed by atoms with Crippen molar-refractivity contribution in [1.29, 1.82) is 0 Å². The molecule has 0 aliphatic heterocycles. The summed E-state index contributed by atoms with van der Waals surface area (Å²) >= 11 is 1.08. The molecule has 17 heavy (non-hydrogen) atoms. The quantitative estimate of drug-likeness (QED) is 0.850. The molecule has 0 radical (unpaired) electrons. The molecule has 3 unspecified atom stereocenters. The van der Waals surface area contributed by atoms with E-state index >= 15 is 0 Å². The zero-order valence-electron chi connectivity index (χ0n) is 9.63. The molecule has 96 valence electrons. The van der Waals surface area contributed by atoms with Gasteiger partial charge in [-0.05, 0) is 35.6 Å². The lowest BCUT2D eigenvalue weighted by Gasteiger charge is -2.20. The van der Waals surface area contributed by atoms with Crippen LogP contribution >= 0.6 is 11.3 Å². The Morgan fingerprint density at radius 2 is 2.06 bits per heavy atom.